The number of carbonyl (C=O) groups excluding carboxylic acids is 1. The van der Waals surface area contributed by atoms with Crippen LogP contribution in [0.15, 0.2) is 24.3 Å². The fourth-order valence-electron chi connectivity index (χ4n) is 4.55. The maximum absolute atomic E-state index is 14.2. The second-order valence-electron chi connectivity index (χ2n) is 8.62. The van der Waals surface area contributed by atoms with Gasteiger partial charge in [-0.15, -0.1) is 0 Å². The van der Waals surface area contributed by atoms with Crippen molar-refractivity contribution >= 4 is 17.7 Å². The van der Waals surface area contributed by atoms with Crippen molar-refractivity contribution < 1.29 is 13.9 Å². The number of fused-ring (bicyclic) bond motifs is 1. The highest BCUT2D eigenvalue weighted by molar-refractivity contribution is 5.94. The van der Waals surface area contributed by atoms with E-state index in [-0.39, 0.29) is 11.5 Å². The first-order valence-electron chi connectivity index (χ1n) is 11.3. The van der Waals surface area contributed by atoms with E-state index in [2.05, 4.69) is 21.7 Å². The van der Waals surface area contributed by atoms with E-state index in [1.54, 1.807) is 23.1 Å². The van der Waals surface area contributed by atoms with Crippen LogP contribution in [0.25, 0.3) is 0 Å². The molecule has 3 aliphatic rings. The number of likely N-dealkylation sites (N-methyl/N-ethyl adjacent to an activating group) is 1. The Bertz CT molecular complexity index is 988. The van der Waals surface area contributed by atoms with Crippen LogP contribution in [0.1, 0.15) is 21.6 Å². The van der Waals surface area contributed by atoms with Gasteiger partial charge in [-0.1, -0.05) is 12.1 Å². The SMILES string of the molecule is CN1CCN(c2nc3c(c(N4CCOCC4)n2)CN(C(=O)c2ccccc2F)CC3)CC1. The van der Waals surface area contributed by atoms with E-state index in [4.69, 9.17) is 14.7 Å². The first-order chi connectivity index (χ1) is 15.6. The third-order valence-corrected chi connectivity index (χ3v) is 6.51. The van der Waals surface area contributed by atoms with Crippen molar-refractivity contribution in [1.29, 1.82) is 0 Å². The Kier molecular flexibility index (Phi) is 5.93. The number of benzene rings is 1. The number of hydrogen-bond donors (Lipinski definition) is 0. The predicted octanol–water partition coefficient (Wildman–Crippen LogP) is 1.40. The number of anilines is 2. The summed E-state index contributed by atoms with van der Waals surface area (Å²) in [6, 6.07) is 6.17. The highest BCUT2D eigenvalue weighted by atomic mass is 19.1. The van der Waals surface area contributed by atoms with E-state index >= 15 is 0 Å². The van der Waals surface area contributed by atoms with Crippen LogP contribution in [-0.4, -0.2) is 91.7 Å². The van der Waals surface area contributed by atoms with Gasteiger partial charge in [-0.3, -0.25) is 4.79 Å². The summed E-state index contributed by atoms with van der Waals surface area (Å²) in [5.41, 5.74) is 2.08. The van der Waals surface area contributed by atoms with E-state index in [1.807, 2.05) is 0 Å². The standard InChI is InChI=1S/C23H29FN6O2/c1-27-8-10-29(11-9-27)23-25-20-6-7-30(22(31)17-4-2-3-5-19(17)24)16-18(20)21(26-23)28-12-14-32-15-13-28/h2-5H,6-16H2,1H3. The third-order valence-electron chi connectivity index (χ3n) is 6.51. The lowest BCUT2D eigenvalue weighted by molar-refractivity contribution is 0.0728. The van der Waals surface area contributed by atoms with Crippen molar-refractivity contribution in [2.45, 2.75) is 13.0 Å². The number of piperazine rings is 1. The summed E-state index contributed by atoms with van der Waals surface area (Å²) in [6.45, 7) is 7.49. The van der Waals surface area contributed by atoms with Gasteiger partial charge in [-0.2, -0.15) is 4.98 Å². The number of ether oxygens (including phenoxy) is 1. The molecule has 1 amide bonds. The highest BCUT2D eigenvalue weighted by Gasteiger charge is 2.30. The number of morpholine rings is 1. The first-order valence-corrected chi connectivity index (χ1v) is 11.3. The normalized spacial score (nSPS) is 19.8. The smallest absolute Gasteiger partial charge is 0.257 e. The zero-order valence-electron chi connectivity index (χ0n) is 18.5. The van der Waals surface area contributed by atoms with Gasteiger partial charge in [0.15, 0.2) is 0 Å². The molecule has 32 heavy (non-hydrogen) atoms. The summed E-state index contributed by atoms with van der Waals surface area (Å²) in [5, 5.41) is 0. The second-order valence-corrected chi connectivity index (χ2v) is 8.62. The van der Waals surface area contributed by atoms with Gasteiger partial charge in [-0.05, 0) is 19.2 Å². The van der Waals surface area contributed by atoms with Crippen LogP contribution < -0.4 is 9.80 Å². The summed E-state index contributed by atoms with van der Waals surface area (Å²) in [6.07, 6.45) is 0.635. The van der Waals surface area contributed by atoms with Crippen LogP contribution in [-0.2, 0) is 17.7 Å². The number of carbonyl (C=O) groups is 1. The minimum atomic E-state index is -0.488. The molecule has 0 aliphatic carbocycles. The summed E-state index contributed by atoms with van der Waals surface area (Å²) in [5.74, 6) is 0.883. The van der Waals surface area contributed by atoms with E-state index in [9.17, 15) is 9.18 Å². The maximum atomic E-state index is 14.2. The molecule has 0 saturated carbocycles. The van der Waals surface area contributed by atoms with Gasteiger partial charge in [0.1, 0.15) is 11.6 Å². The molecule has 9 heteroatoms. The van der Waals surface area contributed by atoms with Crippen molar-refractivity contribution in [1.82, 2.24) is 19.8 Å². The Labute approximate surface area is 187 Å². The van der Waals surface area contributed by atoms with Gasteiger partial charge in [0.25, 0.3) is 5.91 Å². The fraction of sp³-hybridized carbons (Fsp3) is 0.522. The van der Waals surface area contributed by atoms with Gasteiger partial charge in [0.05, 0.1) is 31.0 Å². The average Bonchev–Trinajstić information content (AvgIpc) is 2.84. The largest absolute Gasteiger partial charge is 0.378 e. The molecule has 0 unspecified atom stereocenters. The van der Waals surface area contributed by atoms with Gasteiger partial charge in [0, 0.05) is 57.8 Å². The molecule has 2 aromatic rings. The number of nitrogens with zero attached hydrogens (tertiary/aromatic N) is 6. The van der Waals surface area contributed by atoms with E-state index in [0.717, 1.165) is 62.3 Å². The molecule has 0 atom stereocenters. The van der Waals surface area contributed by atoms with Crippen LogP contribution >= 0.6 is 0 Å². The molecule has 3 aliphatic heterocycles. The summed E-state index contributed by atoms with van der Waals surface area (Å²) in [7, 11) is 2.13. The van der Waals surface area contributed by atoms with Crippen molar-refractivity contribution in [3.8, 4) is 0 Å². The van der Waals surface area contributed by atoms with Gasteiger partial charge < -0.3 is 24.3 Å². The molecule has 1 aromatic heterocycles. The Morgan fingerprint density at radius 3 is 2.47 bits per heavy atom. The van der Waals surface area contributed by atoms with Crippen LogP contribution in [0.5, 0.6) is 0 Å². The fourth-order valence-corrected chi connectivity index (χ4v) is 4.55. The first kappa shape index (κ1) is 21.1. The zero-order chi connectivity index (χ0) is 22.1. The number of halogens is 1. The number of rotatable bonds is 3. The van der Waals surface area contributed by atoms with Crippen LogP contribution in [0.4, 0.5) is 16.2 Å². The van der Waals surface area contributed by atoms with Crippen LogP contribution in [0.3, 0.4) is 0 Å². The molecule has 4 heterocycles. The zero-order valence-corrected chi connectivity index (χ0v) is 18.5. The van der Waals surface area contributed by atoms with Gasteiger partial charge in [0.2, 0.25) is 5.95 Å². The van der Waals surface area contributed by atoms with E-state index in [1.165, 1.54) is 6.07 Å². The highest BCUT2D eigenvalue weighted by Crippen LogP contribution is 2.30. The average molecular weight is 441 g/mol. The second kappa shape index (κ2) is 8.99. The maximum Gasteiger partial charge on any atom is 0.257 e. The number of hydrogen-bond acceptors (Lipinski definition) is 7. The minimum Gasteiger partial charge on any atom is -0.378 e. The molecular weight excluding hydrogens is 411 g/mol. The van der Waals surface area contributed by atoms with E-state index < -0.39 is 5.82 Å². The number of aromatic nitrogens is 2. The topological polar surface area (TPSA) is 65.0 Å². The van der Waals surface area contributed by atoms with Gasteiger partial charge >= 0.3 is 0 Å². The molecule has 2 saturated heterocycles. The summed E-state index contributed by atoms with van der Waals surface area (Å²) >= 11 is 0. The Balaban J connectivity index is 1.47. The Hall–Kier alpha value is -2.78. The molecule has 0 spiro atoms. The molecule has 2 fully saturated rings. The predicted molar refractivity (Wildman–Crippen MR) is 120 cm³/mol. The van der Waals surface area contributed by atoms with Gasteiger partial charge in [-0.25, -0.2) is 9.37 Å². The molecular formula is C23H29FN6O2. The number of amides is 1. The molecule has 0 bridgehead atoms. The molecule has 0 radical (unpaired) electrons. The lowest BCUT2D eigenvalue weighted by Crippen LogP contribution is -2.46. The lowest BCUT2D eigenvalue weighted by Gasteiger charge is -2.37. The molecule has 5 rings (SSSR count). The minimum absolute atomic E-state index is 0.110. The Morgan fingerprint density at radius 2 is 1.72 bits per heavy atom. The third kappa shape index (κ3) is 4.14. The van der Waals surface area contributed by atoms with Crippen molar-refractivity contribution in [2.75, 3.05) is 75.9 Å². The van der Waals surface area contributed by atoms with E-state index in [0.29, 0.717) is 32.7 Å². The molecule has 8 nitrogen and oxygen atoms in total. The lowest BCUT2D eigenvalue weighted by atomic mass is 10.0. The summed E-state index contributed by atoms with van der Waals surface area (Å²) < 4.78 is 19.8. The van der Waals surface area contributed by atoms with Crippen LogP contribution in [0, 0.1) is 5.82 Å². The molecule has 0 N–H and O–H groups in total. The van der Waals surface area contributed by atoms with Crippen molar-refractivity contribution in [3.63, 3.8) is 0 Å². The summed E-state index contributed by atoms with van der Waals surface area (Å²) in [4.78, 5) is 31.5. The van der Waals surface area contributed by atoms with Crippen molar-refractivity contribution in [3.05, 3.63) is 46.9 Å². The molecule has 170 valence electrons. The quantitative estimate of drug-likeness (QED) is 0.715. The van der Waals surface area contributed by atoms with Crippen molar-refractivity contribution in [2.24, 2.45) is 0 Å². The molecule has 1 aromatic carbocycles. The Morgan fingerprint density at radius 1 is 0.969 bits per heavy atom. The monoisotopic (exact) mass is 440 g/mol. The van der Waals surface area contributed by atoms with Crippen LogP contribution in [0.2, 0.25) is 0 Å².